The van der Waals surface area contributed by atoms with Crippen LogP contribution < -0.4 is 16.0 Å². The number of hydrogen-bond donors (Lipinski definition) is 2. The summed E-state index contributed by atoms with van der Waals surface area (Å²) < 4.78 is 13.3. The van der Waals surface area contributed by atoms with Crippen LogP contribution in [0.25, 0.3) is 0 Å². The fourth-order valence-electron chi connectivity index (χ4n) is 1.18. The third kappa shape index (κ3) is 3.04. The number of amides is 1. The van der Waals surface area contributed by atoms with E-state index in [1.54, 1.807) is 14.0 Å². The topological polar surface area (TPSA) is 84.1 Å². The summed E-state index contributed by atoms with van der Waals surface area (Å²) in [6, 6.07) is 0. The van der Waals surface area contributed by atoms with Gasteiger partial charge in [0.15, 0.2) is 11.6 Å². The summed E-state index contributed by atoms with van der Waals surface area (Å²) in [5.41, 5.74) is 5.34. The number of anilines is 2. The van der Waals surface area contributed by atoms with E-state index in [1.165, 1.54) is 4.90 Å². The monoisotopic (exact) mass is 227 g/mol. The molecule has 0 unspecified atom stereocenters. The van der Waals surface area contributed by atoms with Crippen LogP contribution in [0, 0.1) is 5.82 Å². The van der Waals surface area contributed by atoms with Gasteiger partial charge >= 0.3 is 0 Å². The normalized spacial score (nSPS) is 9.94. The molecule has 0 fully saturated rings. The second-order valence-electron chi connectivity index (χ2n) is 3.21. The van der Waals surface area contributed by atoms with Gasteiger partial charge in [0.2, 0.25) is 11.9 Å². The maximum absolute atomic E-state index is 13.3. The Labute approximate surface area is 92.7 Å². The van der Waals surface area contributed by atoms with Crippen LogP contribution in [0.4, 0.5) is 16.2 Å². The Morgan fingerprint density at radius 2 is 2.38 bits per heavy atom. The summed E-state index contributed by atoms with van der Waals surface area (Å²) in [5, 5.41) is 2.60. The quantitative estimate of drug-likeness (QED) is 0.742. The van der Waals surface area contributed by atoms with E-state index in [-0.39, 0.29) is 24.2 Å². The molecule has 0 spiro atoms. The number of nitrogen functional groups attached to an aromatic ring is 1. The van der Waals surface area contributed by atoms with Crippen molar-refractivity contribution in [2.24, 2.45) is 0 Å². The van der Waals surface area contributed by atoms with Gasteiger partial charge in [0.1, 0.15) is 0 Å². The maximum atomic E-state index is 13.3. The Hall–Kier alpha value is -1.92. The summed E-state index contributed by atoms with van der Waals surface area (Å²) in [7, 11) is 1.56. The lowest BCUT2D eigenvalue weighted by molar-refractivity contribution is -0.119. The van der Waals surface area contributed by atoms with E-state index in [4.69, 9.17) is 5.73 Å². The van der Waals surface area contributed by atoms with Crippen molar-refractivity contribution in [3.8, 4) is 0 Å². The van der Waals surface area contributed by atoms with Crippen molar-refractivity contribution < 1.29 is 9.18 Å². The van der Waals surface area contributed by atoms with E-state index in [0.29, 0.717) is 6.54 Å². The minimum Gasteiger partial charge on any atom is -0.368 e. The number of hydrogen-bond acceptors (Lipinski definition) is 5. The number of carbonyl (C=O) groups is 1. The highest BCUT2D eigenvalue weighted by Crippen LogP contribution is 2.13. The predicted octanol–water partition coefficient (Wildman–Crippen LogP) is -0.230. The summed E-state index contributed by atoms with van der Waals surface area (Å²) in [5.74, 6) is -0.833. The van der Waals surface area contributed by atoms with Crippen LogP contribution in [-0.2, 0) is 4.79 Å². The third-order valence-corrected chi connectivity index (χ3v) is 1.86. The summed E-state index contributed by atoms with van der Waals surface area (Å²) >= 11 is 0. The van der Waals surface area contributed by atoms with E-state index in [2.05, 4.69) is 15.3 Å². The van der Waals surface area contributed by atoms with E-state index < -0.39 is 5.82 Å². The number of nitrogens with one attached hydrogen (secondary N) is 1. The van der Waals surface area contributed by atoms with Crippen LogP contribution in [0.5, 0.6) is 0 Å². The highest BCUT2D eigenvalue weighted by molar-refractivity contribution is 5.80. The first-order valence-electron chi connectivity index (χ1n) is 4.80. The van der Waals surface area contributed by atoms with Gasteiger partial charge in [0, 0.05) is 13.6 Å². The first kappa shape index (κ1) is 12.2. The molecule has 1 aromatic heterocycles. The van der Waals surface area contributed by atoms with Gasteiger partial charge < -0.3 is 16.0 Å². The number of likely N-dealkylation sites (N-methyl/N-ethyl adjacent to an activating group) is 2. The molecule has 0 aliphatic carbocycles. The number of rotatable bonds is 4. The molecular formula is C9H14FN5O. The fraction of sp³-hybridized carbons (Fsp3) is 0.444. The molecule has 0 radical (unpaired) electrons. The first-order valence-corrected chi connectivity index (χ1v) is 4.80. The van der Waals surface area contributed by atoms with Crippen molar-refractivity contribution in [1.29, 1.82) is 0 Å². The van der Waals surface area contributed by atoms with Crippen molar-refractivity contribution in [3.63, 3.8) is 0 Å². The second kappa shape index (κ2) is 5.24. The molecule has 1 aromatic rings. The molecule has 1 amide bonds. The minimum absolute atomic E-state index is 0.0127. The molecule has 88 valence electrons. The van der Waals surface area contributed by atoms with Gasteiger partial charge in [0.25, 0.3) is 0 Å². The lowest BCUT2D eigenvalue weighted by atomic mass is 10.4. The number of nitrogens with zero attached hydrogens (tertiary/aromatic N) is 3. The summed E-state index contributed by atoms with van der Waals surface area (Å²) in [6.45, 7) is 2.35. The average molecular weight is 227 g/mol. The van der Waals surface area contributed by atoms with Gasteiger partial charge in [0.05, 0.1) is 12.7 Å². The molecule has 1 heterocycles. The van der Waals surface area contributed by atoms with Crippen molar-refractivity contribution in [2.75, 3.05) is 30.8 Å². The zero-order valence-electron chi connectivity index (χ0n) is 9.20. The molecule has 0 aliphatic rings. The molecule has 16 heavy (non-hydrogen) atoms. The Morgan fingerprint density at radius 1 is 1.69 bits per heavy atom. The molecule has 7 heteroatoms. The van der Waals surface area contributed by atoms with E-state index >= 15 is 0 Å². The predicted molar refractivity (Wildman–Crippen MR) is 58.4 cm³/mol. The molecule has 0 aliphatic heterocycles. The maximum Gasteiger partial charge on any atom is 0.239 e. The van der Waals surface area contributed by atoms with Gasteiger partial charge in [-0.2, -0.15) is 4.98 Å². The van der Waals surface area contributed by atoms with Crippen molar-refractivity contribution in [3.05, 3.63) is 12.0 Å². The van der Waals surface area contributed by atoms with E-state index in [1.807, 2.05) is 0 Å². The number of halogens is 1. The van der Waals surface area contributed by atoms with Gasteiger partial charge in [-0.15, -0.1) is 0 Å². The minimum atomic E-state index is -0.610. The van der Waals surface area contributed by atoms with Crippen LogP contribution >= 0.6 is 0 Å². The number of aromatic nitrogens is 2. The molecule has 0 saturated heterocycles. The second-order valence-corrected chi connectivity index (χ2v) is 3.21. The number of nitrogens with two attached hydrogens (primary N) is 1. The van der Waals surface area contributed by atoms with Crippen LogP contribution in [0.15, 0.2) is 6.20 Å². The molecule has 6 nitrogen and oxygen atoms in total. The molecule has 3 N–H and O–H groups in total. The summed E-state index contributed by atoms with van der Waals surface area (Å²) in [6.07, 6.45) is 0.978. The van der Waals surface area contributed by atoms with E-state index in [0.717, 1.165) is 6.20 Å². The molecule has 1 rings (SSSR count). The largest absolute Gasteiger partial charge is 0.368 e. The molecular weight excluding hydrogens is 213 g/mol. The standard InChI is InChI=1S/C9H14FN5O/c1-3-12-7(16)5-15(2)8-6(10)4-13-9(11)14-8/h4H,3,5H2,1-2H3,(H,12,16)(H2,11,13,14). The van der Waals surface area contributed by atoms with Crippen LogP contribution in [0.3, 0.4) is 0 Å². The van der Waals surface area contributed by atoms with Crippen LogP contribution in [-0.4, -0.2) is 36.0 Å². The lowest BCUT2D eigenvalue weighted by Crippen LogP contribution is -2.35. The molecule has 0 bridgehead atoms. The summed E-state index contributed by atoms with van der Waals surface area (Å²) in [4.78, 5) is 19.9. The molecule has 0 saturated carbocycles. The van der Waals surface area contributed by atoms with Gasteiger partial charge in [-0.05, 0) is 6.92 Å². The lowest BCUT2D eigenvalue weighted by Gasteiger charge is -2.17. The fourth-order valence-corrected chi connectivity index (χ4v) is 1.18. The van der Waals surface area contributed by atoms with Crippen LogP contribution in [0.2, 0.25) is 0 Å². The zero-order valence-corrected chi connectivity index (χ0v) is 9.20. The van der Waals surface area contributed by atoms with Crippen molar-refractivity contribution in [1.82, 2.24) is 15.3 Å². The first-order chi connectivity index (χ1) is 7.54. The third-order valence-electron chi connectivity index (χ3n) is 1.86. The van der Waals surface area contributed by atoms with Crippen LogP contribution in [0.1, 0.15) is 6.92 Å². The Kier molecular flexibility index (Phi) is 3.98. The highest BCUT2D eigenvalue weighted by Gasteiger charge is 2.13. The SMILES string of the molecule is CCNC(=O)CN(C)c1nc(N)ncc1F. The molecule has 0 aromatic carbocycles. The Balaban J connectivity index is 2.76. The van der Waals surface area contributed by atoms with Crippen molar-refractivity contribution >= 4 is 17.7 Å². The average Bonchev–Trinajstić information content (AvgIpc) is 2.21. The Morgan fingerprint density at radius 3 is 3.00 bits per heavy atom. The zero-order chi connectivity index (χ0) is 12.1. The Bertz CT molecular complexity index is 384. The highest BCUT2D eigenvalue weighted by atomic mass is 19.1. The van der Waals surface area contributed by atoms with Gasteiger partial charge in [-0.25, -0.2) is 9.37 Å². The van der Waals surface area contributed by atoms with Gasteiger partial charge in [-0.1, -0.05) is 0 Å². The molecule has 0 atom stereocenters. The number of carbonyl (C=O) groups excluding carboxylic acids is 1. The van der Waals surface area contributed by atoms with E-state index in [9.17, 15) is 9.18 Å². The smallest absolute Gasteiger partial charge is 0.239 e. The van der Waals surface area contributed by atoms with Gasteiger partial charge in [-0.3, -0.25) is 4.79 Å². The van der Waals surface area contributed by atoms with Crippen molar-refractivity contribution in [2.45, 2.75) is 6.92 Å².